The summed E-state index contributed by atoms with van der Waals surface area (Å²) in [5.74, 6) is 1.16. The fourth-order valence-electron chi connectivity index (χ4n) is 2.81. The number of aliphatic carboxylic acids is 1. The molecule has 5 heteroatoms. The Bertz CT molecular complexity index is 315. The zero-order valence-electron chi connectivity index (χ0n) is 10.6. The predicted molar refractivity (Wildman–Crippen MR) is 71.6 cm³/mol. The van der Waals surface area contributed by atoms with Crippen molar-refractivity contribution in [1.82, 2.24) is 5.32 Å². The van der Waals surface area contributed by atoms with Gasteiger partial charge in [-0.2, -0.15) is 11.8 Å². The van der Waals surface area contributed by atoms with Crippen LogP contribution in [0.2, 0.25) is 0 Å². The van der Waals surface area contributed by atoms with Crippen LogP contribution in [0.1, 0.15) is 38.5 Å². The number of amides is 1. The van der Waals surface area contributed by atoms with Gasteiger partial charge in [0.15, 0.2) is 0 Å². The number of carboxylic acid groups (broad SMARTS) is 1. The summed E-state index contributed by atoms with van der Waals surface area (Å²) in [6.45, 7) is 0. The molecule has 1 saturated heterocycles. The van der Waals surface area contributed by atoms with E-state index in [0.29, 0.717) is 12.5 Å². The van der Waals surface area contributed by atoms with Gasteiger partial charge in [0.25, 0.3) is 0 Å². The van der Waals surface area contributed by atoms with E-state index >= 15 is 0 Å². The Labute approximate surface area is 112 Å². The summed E-state index contributed by atoms with van der Waals surface area (Å²) in [6.07, 6.45) is 5.03. The number of rotatable bonds is 3. The zero-order chi connectivity index (χ0) is 13.0. The average molecular weight is 271 g/mol. The molecule has 0 aromatic heterocycles. The molecule has 4 nitrogen and oxygen atoms in total. The van der Waals surface area contributed by atoms with Crippen LogP contribution in [0.3, 0.4) is 0 Å². The molecule has 2 aliphatic rings. The van der Waals surface area contributed by atoms with Crippen molar-refractivity contribution in [2.45, 2.75) is 44.6 Å². The second-order valence-corrected chi connectivity index (χ2v) is 6.52. The molecule has 2 fully saturated rings. The van der Waals surface area contributed by atoms with Crippen molar-refractivity contribution in [3.8, 4) is 0 Å². The summed E-state index contributed by atoms with van der Waals surface area (Å²) < 4.78 is 0. The van der Waals surface area contributed by atoms with Gasteiger partial charge < -0.3 is 10.4 Å². The number of nitrogens with one attached hydrogen (secondary N) is 1. The zero-order valence-corrected chi connectivity index (χ0v) is 11.4. The van der Waals surface area contributed by atoms with Gasteiger partial charge in [0, 0.05) is 12.0 Å². The van der Waals surface area contributed by atoms with Gasteiger partial charge in [0.2, 0.25) is 5.91 Å². The van der Waals surface area contributed by atoms with Crippen molar-refractivity contribution in [2.75, 3.05) is 11.5 Å². The smallest absolute Gasteiger partial charge is 0.306 e. The van der Waals surface area contributed by atoms with Crippen molar-refractivity contribution in [3.63, 3.8) is 0 Å². The maximum atomic E-state index is 12.1. The average Bonchev–Trinajstić information content (AvgIpc) is 2.40. The van der Waals surface area contributed by atoms with Crippen LogP contribution in [-0.4, -0.2) is 34.5 Å². The molecule has 2 atom stereocenters. The molecule has 0 radical (unpaired) electrons. The first-order valence-corrected chi connectivity index (χ1v) is 7.93. The minimum atomic E-state index is -0.749. The summed E-state index contributed by atoms with van der Waals surface area (Å²) in [4.78, 5) is 23.1. The van der Waals surface area contributed by atoms with E-state index in [-0.39, 0.29) is 17.7 Å². The molecule has 1 aliphatic heterocycles. The molecule has 0 spiro atoms. The van der Waals surface area contributed by atoms with Crippen molar-refractivity contribution in [1.29, 1.82) is 0 Å². The molecule has 0 aromatic rings. The van der Waals surface area contributed by atoms with Gasteiger partial charge in [-0.25, -0.2) is 0 Å². The lowest BCUT2D eigenvalue weighted by molar-refractivity contribution is -0.144. The molecule has 1 amide bonds. The second-order valence-electron chi connectivity index (χ2n) is 5.29. The van der Waals surface area contributed by atoms with Gasteiger partial charge in [-0.05, 0) is 43.6 Å². The molecule has 18 heavy (non-hydrogen) atoms. The summed E-state index contributed by atoms with van der Waals surface area (Å²) in [7, 11) is 0. The molecule has 1 heterocycles. The van der Waals surface area contributed by atoms with Crippen LogP contribution in [0.4, 0.5) is 0 Å². The monoisotopic (exact) mass is 271 g/mol. The maximum Gasteiger partial charge on any atom is 0.306 e. The Morgan fingerprint density at radius 2 is 1.72 bits per heavy atom. The van der Waals surface area contributed by atoms with Crippen LogP contribution in [-0.2, 0) is 9.59 Å². The van der Waals surface area contributed by atoms with Crippen LogP contribution < -0.4 is 5.32 Å². The van der Waals surface area contributed by atoms with Gasteiger partial charge in [-0.3, -0.25) is 9.59 Å². The van der Waals surface area contributed by atoms with E-state index in [1.54, 1.807) is 0 Å². The molecular formula is C13H21NO3S. The Hall–Kier alpha value is -0.710. The van der Waals surface area contributed by atoms with Crippen molar-refractivity contribution in [2.24, 2.45) is 11.8 Å². The highest BCUT2D eigenvalue weighted by molar-refractivity contribution is 7.99. The Balaban J connectivity index is 1.82. The lowest BCUT2D eigenvalue weighted by atomic mass is 9.81. The molecule has 0 bridgehead atoms. The number of carboxylic acids is 1. The van der Waals surface area contributed by atoms with Gasteiger partial charge in [-0.1, -0.05) is 6.42 Å². The Morgan fingerprint density at radius 3 is 2.39 bits per heavy atom. The largest absolute Gasteiger partial charge is 0.481 e. The van der Waals surface area contributed by atoms with Crippen LogP contribution >= 0.6 is 11.8 Å². The molecule has 0 aromatic carbocycles. The molecule has 1 saturated carbocycles. The lowest BCUT2D eigenvalue weighted by Gasteiger charge is -2.29. The summed E-state index contributed by atoms with van der Waals surface area (Å²) in [5, 5.41) is 12.1. The van der Waals surface area contributed by atoms with Crippen LogP contribution in [0.5, 0.6) is 0 Å². The fraction of sp³-hybridized carbons (Fsp3) is 0.846. The second kappa shape index (κ2) is 6.45. The third-order valence-electron chi connectivity index (χ3n) is 3.96. The third-order valence-corrected chi connectivity index (χ3v) is 5.01. The van der Waals surface area contributed by atoms with E-state index in [1.165, 1.54) is 0 Å². The number of hydrogen-bond acceptors (Lipinski definition) is 3. The highest BCUT2D eigenvalue weighted by Crippen LogP contribution is 2.29. The van der Waals surface area contributed by atoms with Gasteiger partial charge in [0.1, 0.15) is 0 Å². The molecule has 1 aliphatic carbocycles. The van der Waals surface area contributed by atoms with E-state index in [2.05, 4.69) is 5.32 Å². The standard InChI is InChI=1S/C13H21NO3S/c15-12(14-11-4-6-18-7-5-11)9-2-1-3-10(8-9)13(16)17/h9-11H,1-8H2,(H,14,15)(H,16,17). The quantitative estimate of drug-likeness (QED) is 0.822. The van der Waals surface area contributed by atoms with E-state index in [9.17, 15) is 9.59 Å². The third kappa shape index (κ3) is 3.64. The number of thioether (sulfide) groups is 1. The predicted octanol–water partition coefficient (Wildman–Crippen LogP) is 1.89. The summed E-state index contributed by atoms with van der Waals surface area (Å²) >= 11 is 1.94. The van der Waals surface area contributed by atoms with E-state index in [4.69, 9.17) is 5.11 Å². The van der Waals surface area contributed by atoms with Crippen LogP contribution in [0, 0.1) is 11.8 Å². The SMILES string of the molecule is O=C(O)C1CCCC(C(=O)NC2CCSCC2)C1. The van der Waals surface area contributed by atoms with E-state index in [0.717, 1.165) is 43.6 Å². The molecule has 2 N–H and O–H groups in total. The van der Waals surface area contributed by atoms with Crippen LogP contribution in [0.15, 0.2) is 0 Å². The normalized spacial score (nSPS) is 29.8. The highest BCUT2D eigenvalue weighted by Gasteiger charge is 2.31. The summed E-state index contributed by atoms with van der Waals surface area (Å²) in [6, 6.07) is 0.309. The minimum absolute atomic E-state index is 0.0813. The Morgan fingerprint density at radius 1 is 1.06 bits per heavy atom. The lowest BCUT2D eigenvalue weighted by Crippen LogP contribution is -2.42. The number of carbonyl (C=O) groups excluding carboxylic acids is 1. The number of carbonyl (C=O) groups is 2. The van der Waals surface area contributed by atoms with Gasteiger partial charge in [0.05, 0.1) is 5.92 Å². The maximum absolute atomic E-state index is 12.1. The number of hydrogen-bond donors (Lipinski definition) is 2. The van der Waals surface area contributed by atoms with Crippen molar-refractivity contribution in [3.05, 3.63) is 0 Å². The first-order chi connectivity index (χ1) is 8.66. The molecule has 2 rings (SSSR count). The van der Waals surface area contributed by atoms with E-state index in [1.807, 2.05) is 11.8 Å². The van der Waals surface area contributed by atoms with Crippen LogP contribution in [0.25, 0.3) is 0 Å². The van der Waals surface area contributed by atoms with E-state index < -0.39 is 5.97 Å². The molecule has 2 unspecified atom stereocenters. The molecule has 102 valence electrons. The van der Waals surface area contributed by atoms with Crippen molar-refractivity contribution < 1.29 is 14.7 Å². The first-order valence-electron chi connectivity index (χ1n) is 6.77. The van der Waals surface area contributed by atoms with Gasteiger partial charge in [-0.15, -0.1) is 0 Å². The fourth-order valence-corrected chi connectivity index (χ4v) is 3.92. The highest BCUT2D eigenvalue weighted by atomic mass is 32.2. The summed E-state index contributed by atoms with van der Waals surface area (Å²) in [5.41, 5.74) is 0. The Kier molecular flexibility index (Phi) is 4.92. The molecular weight excluding hydrogens is 250 g/mol. The minimum Gasteiger partial charge on any atom is -0.481 e. The first kappa shape index (κ1) is 13.7. The van der Waals surface area contributed by atoms with Crippen molar-refractivity contribution >= 4 is 23.6 Å². The van der Waals surface area contributed by atoms with Gasteiger partial charge >= 0.3 is 5.97 Å². The topological polar surface area (TPSA) is 66.4 Å².